The zero-order valence-electron chi connectivity index (χ0n) is 15.0. The summed E-state index contributed by atoms with van der Waals surface area (Å²) in [5, 5.41) is 3.39. The molecule has 6 nitrogen and oxygen atoms in total. The van der Waals surface area contributed by atoms with Crippen molar-refractivity contribution in [3.05, 3.63) is 0 Å². The Morgan fingerprint density at radius 3 is 2.70 bits per heavy atom. The SMILES string of the molecule is CCOCCCOOCNC1CC(C)(C)CC(C)(CN=C=O)C1. The molecule has 0 amide bonds. The first-order chi connectivity index (χ1) is 10.9. The second kappa shape index (κ2) is 10.2. The van der Waals surface area contributed by atoms with E-state index in [0.717, 1.165) is 32.3 Å². The van der Waals surface area contributed by atoms with Crippen LogP contribution in [0.5, 0.6) is 0 Å². The van der Waals surface area contributed by atoms with Gasteiger partial charge < -0.3 is 4.74 Å². The number of isocyanates is 1. The Bertz CT molecular complexity index is 383. The molecule has 1 fully saturated rings. The summed E-state index contributed by atoms with van der Waals surface area (Å²) >= 11 is 0. The zero-order chi connectivity index (χ0) is 17.2. The number of hydrogen-bond acceptors (Lipinski definition) is 6. The van der Waals surface area contributed by atoms with Crippen molar-refractivity contribution in [3.8, 4) is 0 Å². The highest BCUT2D eigenvalue weighted by Gasteiger charge is 2.41. The minimum atomic E-state index is 0.0230. The normalized spacial score (nSPS) is 26.7. The van der Waals surface area contributed by atoms with Gasteiger partial charge in [0.05, 0.1) is 13.2 Å². The number of rotatable bonds is 11. The summed E-state index contributed by atoms with van der Waals surface area (Å²) < 4.78 is 5.23. The molecule has 2 unspecified atom stereocenters. The van der Waals surface area contributed by atoms with Gasteiger partial charge in [0.1, 0.15) is 6.73 Å². The molecule has 0 radical (unpaired) electrons. The van der Waals surface area contributed by atoms with E-state index < -0.39 is 0 Å². The Balaban J connectivity index is 2.28. The molecule has 1 rings (SSSR count). The van der Waals surface area contributed by atoms with E-state index in [2.05, 4.69) is 31.1 Å². The topological polar surface area (TPSA) is 69.2 Å². The van der Waals surface area contributed by atoms with Gasteiger partial charge in [0.15, 0.2) is 0 Å². The van der Waals surface area contributed by atoms with Gasteiger partial charge in [0.25, 0.3) is 0 Å². The third-order valence-electron chi connectivity index (χ3n) is 4.20. The maximum Gasteiger partial charge on any atom is 0.234 e. The van der Waals surface area contributed by atoms with E-state index in [0.29, 0.717) is 32.5 Å². The van der Waals surface area contributed by atoms with Gasteiger partial charge in [-0.05, 0) is 43.4 Å². The van der Waals surface area contributed by atoms with Crippen molar-refractivity contribution in [2.24, 2.45) is 15.8 Å². The van der Waals surface area contributed by atoms with Crippen LogP contribution in [0.2, 0.25) is 0 Å². The largest absolute Gasteiger partial charge is 0.382 e. The van der Waals surface area contributed by atoms with Crippen LogP contribution in [-0.2, 0) is 19.3 Å². The first kappa shape index (κ1) is 20.3. The molecule has 0 aromatic carbocycles. The first-order valence-electron chi connectivity index (χ1n) is 8.50. The quantitative estimate of drug-likeness (QED) is 0.158. The van der Waals surface area contributed by atoms with E-state index in [1.165, 1.54) is 0 Å². The van der Waals surface area contributed by atoms with Crippen LogP contribution in [0.25, 0.3) is 0 Å². The Hall–Kier alpha value is -0.780. The maximum atomic E-state index is 10.4. The van der Waals surface area contributed by atoms with Gasteiger partial charge >= 0.3 is 0 Å². The summed E-state index contributed by atoms with van der Waals surface area (Å²) in [6.45, 7) is 11.5. The van der Waals surface area contributed by atoms with Crippen molar-refractivity contribution >= 4 is 6.08 Å². The molecule has 0 aromatic rings. The fourth-order valence-corrected chi connectivity index (χ4v) is 3.74. The highest BCUT2D eigenvalue weighted by Crippen LogP contribution is 2.46. The van der Waals surface area contributed by atoms with E-state index in [1.54, 1.807) is 6.08 Å². The van der Waals surface area contributed by atoms with Crippen LogP contribution in [0.1, 0.15) is 53.4 Å². The summed E-state index contributed by atoms with van der Waals surface area (Å²) in [7, 11) is 0. The molecule has 0 saturated heterocycles. The van der Waals surface area contributed by atoms with Crippen LogP contribution >= 0.6 is 0 Å². The monoisotopic (exact) mass is 328 g/mol. The smallest absolute Gasteiger partial charge is 0.234 e. The lowest BCUT2D eigenvalue weighted by molar-refractivity contribution is -0.301. The van der Waals surface area contributed by atoms with Crippen molar-refractivity contribution in [1.82, 2.24) is 5.32 Å². The predicted molar refractivity (Wildman–Crippen MR) is 88.7 cm³/mol. The van der Waals surface area contributed by atoms with Crippen molar-refractivity contribution in [2.45, 2.75) is 59.4 Å². The Labute approximate surface area is 139 Å². The van der Waals surface area contributed by atoms with Gasteiger partial charge in [-0.1, -0.05) is 20.8 Å². The lowest BCUT2D eigenvalue weighted by atomic mass is 9.62. The molecule has 1 aliphatic carbocycles. The van der Waals surface area contributed by atoms with Gasteiger partial charge in [0.2, 0.25) is 6.08 Å². The van der Waals surface area contributed by atoms with Gasteiger partial charge in [0, 0.05) is 19.3 Å². The molecule has 0 aliphatic heterocycles. The molecule has 0 bridgehead atoms. The average Bonchev–Trinajstić information content (AvgIpc) is 2.46. The van der Waals surface area contributed by atoms with Crippen LogP contribution in [0.3, 0.4) is 0 Å². The molecule has 0 aromatic heterocycles. The molecule has 0 heterocycles. The number of hydrogen-bond donors (Lipinski definition) is 1. The second-order valence-corrected chi connectivity index (χ2v) is 7.50. The molecule has 6 heteroatoms. The first-order valence-corrected chi connectivity index (χ1v) is 8.50. The van der Waals surface area contributed by atoms with Crippen molar-refractivity contribution in [1.29, 1.82) is 0 Å². The number of carbonyl (C=O) groups excluding carboxylic acids is 1. The summed E-state index contributed by atoms with van der Waals surface area (Å²) in [5.74, 6) is 0. The standard InChI is InChI=1S/C17H32N2O4/c1-5-21-7-6-8-22-23-14-19-15-9-16(2,3)11-17(4,10-15)12-18-13-20/h15,19H,5-12,14H2,1-4H3. The summed E-state index contributed by atoms with van der Waals surface area (Å²) in [6.07, 6.45) is 5.58. The third kappa shape index (κ3) is 8.58. The molecule has 1 N–H and O–H groups in total. The Kier molecular flexibility index (Phi) is 8.95. The van der Waals surface area contributed by atoms with Crippen LogP contribution in [0, 0.1) is 10.8 Å². The van der Waals surface area contributed by atoms with Crippen molar-refractivity contribution < 1.29 is 19.3 Å². The summed E-state index contributed by atoms with van der Waals surface area (Å²) in [4.78, 5) is 24.5. The van der Waals surface area contributed by atoms with E-state index in [1.807, 2.05) is 6.92 Å². The summed E-state index contributed by atoms with van der Waals surface area (Å²) in [6, 6.07) is 0.331. The molecular weight excluding hydrogens is 296 g/mol. The zero-order valence-corrected chi connectivity index (χ0v) is 15.0. The van der Waals surface area contributed by atoms with Crippen LogP contribution in [0.15, 0.2) is 4.99 Å². The van der Waals surface area contributed by atoms with Gasteiger partial charge in [-0.15, -0.1) is 0 Å². The van der Waals surface area contributed by atoms with Crippen LogP contribution in [-0.4, -0.2) is 45.2 Å². The fourth-order valence-electron chi connectivity index (χ4n) is 3.74. The highest BCUT2D eigenvalue weighted by atomic mass is 17.2. The number of ether oxygens (including phenoxy) is 1. The molecule has 1 aliphatic rings. The van der Waals surface area contributed by atoms with Crippen LogP contribution in [0.4, 0.5) is 0 Å². The molecule has 0 spiro atoms. The summed E-state index contributed by atoms with van der Waals surface area (Å²) in [5.41, 5.74) is 0.233. The number of nitrogens with one attached hydrogen (secondary N) is 1. The third-order valence-corrected chi connectivity index (χ3v) is 4.20. The van der Waals surface area contributed by atoms with E-state index in [4.69, 9.17) is 14.5 Å². The maximum absolute atomic E-state index is 10.4. The van der Waals surface area contributed by atoms with E-state index in [-0.39, 0.29) is 10.8 Å². The number of nitrogens with zero attached hydrogens (tertiary/aromatic N) is 1. The van der Waals surface area contributed by atoms with E-state index in [9.17, 15) is 4.79 Å². The molecule has 2 atom stereocenters. The van der Waals surface area contributed by atoms with Gasteiger partial charge in [-0.2, -0.15) is 0 Å². The van der Waals surface area contributed by atoms with Crippen LogP contribution < -0.4 is 5.32 Å². The fraction of sp³-hybridized carbons (Fsp3) is 0.941. The van der Waals surface area contributed by atoms with Crippen molar-refractivity contribution in [2.75, 3.05) is 33.1 Å². The van der Waals surface area contributed by atoms with Crippen molar-refractivity contribution in [3.63, 3.8) is 0 Å². The Morgan fingerprint density at radius 2 is 2.00 bits per heavy atom. The lowest BCUT2D eigenvalue weighted by Crippen LogP contribution is -2.46. The molecular formula is C17H32N2O4. The second-order valence-electron chi connectivity index (χ2n) is 7.50. The predicted octanol–water partition coefficient (Wildman–Crippen LogP) is 2.83. The average molecular weight is 328 g/mol. The van der Waals surface area contributed by atoms with Gasteiger partial charge in [-0.25, -0.2) is 19.6 Å². The minimum Gasteiger partial charge on any atom is -0.382 e. The highest BCUT2D eigenvalue weighted by molar-refractivity contribution is 5.33. The van der Waals surface area contributed by atoms with E-state index >= 15 is 0 Å². The molecule has 134 valence electrons. The minimum absolute atomic E-state index is 0.0230. The Morgan fingerprint density at radius 1 is 1.22 bits per heavy atom. The number of aliphatic imine (C=N–C) groups is 1. The lowest BCUT2D eigenvalue weighted by Gasteiger charge is -2.46. The van der Waals surface area contributed by atoms with Gasteiger partial charge in [-0.3, -0.25) is 5.32 Å². The molecule has 1 saturated carbocycles. The molecule has 23 heavy (non-hydrogen) atoms.